The van der Waals surface area contributed by atoms with Crippen LogP contribution in [0.25, 0.3) is 5.65 Å². The Morgan fingerprint density at radius 1 is 1.41 bits per heavy atom. The number of fused-ring (bicyclic) bond motifs is 1. The summed E-state index contributed by atoms with van der Waals surface area (Å²) in [5, 5.41) is 8.64. The lowest BCUT2D eigenvalue weighted by molar-refractivity contribution is 0.474. The molecular formula is C13H18N4. The van der Waals surface area contributed by atoms with E-state index in [4.69, 9.17) is 5.73 Å². The second kappa shape index (κ2) is 4.11. The summed E-state index contributed by atoms with van der Waals surface area (Å²) in [6.45, 7) is 2.83. The van der Waals surface area contributed by atoms with Gasteiger partial charge in [-0.1, -0.05) is 6.42 Å². The van der Waals surface area contributed by atoms with E-state index < -0.39 is 0 Å². The van der Waals surface area contributed by atoms with Gasteiger partial charge in [-0.3, -0.25) is 4.40 Å². The zero-order chi connectivity index (χ0) is 11.8. The molecule has 2 unspecified atom stereocenters. The molecule has 0 spiro atoms. The molecule has 2 aromatic rings. The lowest BCUT2D eigenvalue weighted by Gasteiger charge is -2.15. The van der Waals surface area contributed by atoms with Crippen LogP contribution in [0.2, 0.25) is 0 Å². The van der Waals surface area contributed by atoms with Gasteiger partial charge >= 0.3 is 0 Å². The van der Waals surface area contributed by atoms with E-state index in [1.54, 1.807) is 0 Å². The summed E-state index contributed by atoms with van der Waals surface area (Å²) >= 11 is 0. The molecule has 2 heterocycles. The Hall–Kier alpha value is -1.42. The molecule has 2 N–H and O–H groups in total. The molecule has 4 nitrogen and oxygen atoms in total. The summed E-state index contributed by atoms with van der Waals surface area (Å²) in [7, 11) is 0. The lowest BCUT2D eigenvalue weighted by atomic mass is 9.95. The predicted molar refractivity (Wildman–Crippen MR) is 66.9 cm³/mol. The molecule has 4 heteroatoms. The van der Waals surface area contributed by atoms with Crippen LogP contribution in [0.1, 0.15) is 36.6 Å². The van der Waals surface area contributed by atoms with Gasteiger partial charge in [0, 0.05) is 12.1 Å². The van der Waals surface area contributed by atoms with Gasteiger partial charge in [0.15, 0.2) is 5.65 Å². The minimum Gasteiger partial charge on any atom is -0.330 e. The standard InChI is InChI=1S/C13H18N4/c1-9-5-6-17-12(7-9)15-16-13(17)11-4-2-3-10(11)8-14/h5-7,10-11H,2-4,8,14H2,1H3. The molecule has 0 bridgehead atoms. The van der Waals surface area contributed by atoms with E-state index in [1.807, 2.05) is 0 Å². The number of nitrogens with zero attached hydrogens (tertiary/aromatic N) is 3. The highest BCUT2D eigenvalue weighted by Crippen LogP contribution is 2.38. The van der Waals surface area contributed by atoms with Gasteiger partial charge in [-0.05, 0) is 49.9 Å². The smallest absolute Gasteiger partial charge is 0.161 e. The Labute approximate surface area is 101 Å². The minimum atomic E-state index is 0.484. The highest BCUT2D eigenvalue weighted by atomic mass is 15.2. The van der Waals surface area contributed by atoms with E-state index in [0.29, 0.717) is 11.8 Å². The Kier molecular flexibility index (Phi) is 2.59. The SMILES string of the molecule is Cc1ccn2c(C3CCCC3CN)nnc2c1. The van der Waals surface area contributed by atoms with Crippen molar-refractivity contribution in [1.82, 2.24) is 14.6 Å². The zero-order valence-corrected chi connectivity index (χ0v) is 10.1. The van der Waals surface area contributed by atoms with Crippen LogP contribution in [0.5, 0.6) is 0 Å². The van der Waals surface area contributed by atoms with Crippen molar-refractivity contribution in [2.24, 2.45) is 11.7 Å². The molecule has 0 aliphatic heterocycles. The summed E-state index contributed by atoms with van der Waals surface area (Å²) in [5.74, 6) is 2.15. The lowest BCUT2D eigenvalue weighted by Crippen LogP contribution is -2.18. The Morgan fingerprint density at radius 2 is 2.29 bits per heavy atom. The molecule has 2 atom stereocenters. The van der Waals surface area contributed by atoms with Gasteiger partial charge in [0.05, 0.1) is 0 Å². The monoisotopic (exact) mass is 230 g/mol. The van der Waals surface area contributed by atoms with Crippen LogP contribution in [0.15, 0.2) is 18.3 Å². The first-order valence-electron chi connectivity index (χ1n) is 6.31. The number of pyridine rings is 1. The molecule has 0 radical (unpaired) electrons. The van der Waals surface area contributed by atoms with E-state index in [1.165, 1.54) is 24.8 Å². The molecule has 0 saturated heterocycles. The first kappa shape index (κ1) is 10.7. The largest absolute Gasteiger partial charge is 0.330 e. The quantitative estimate of drug-likeness (QED) is 0.857. The summed E-state index contributed by atoms with van der Waals surface area (Å²) < 4.78 is 2.12. The summed E-state index contributed by atoms with van der Waals surface area (Å²) in [6, 6.07) is 4.18. The van der Waals surface area contributed by atoms with E-state index in [2.05, 4.69) is 39.9 Å². The predicted octanol–water partition coefficient (Wildman–Crippen LogP) is 1.88. The Balaban J connectivity index is 2.05. The minimum absolute atomic E-state index is 0.484. The van der Waals surface area contributed by atoms with Crippen molar-refractivity contribution in [2.75, 3.05) is 6.54 Å². The van der Waals surface area contributed by atoms with Crippen LogP contribution >= 0.6 is 0 Å². The normalized spacial score (nSPS) is 24.6. The molecule has 17 heavy (non-hydrogen) atoms. The number of aryl methyl sites for hydroxylation is 1. The number of hydrogen-bond acceptors (Lipinski definition) is 3. The maximum absolute atomic E-state index is 5.84. The number of rotatable bonds is 2. The third-order valence-electron chi connectivity index (χ3n) is 3.89. The first-order chi connectivity index (χ1) is 8.29. The molecule has 90 valence electrons. The van der Waals surface area contributed by atoms with Crippen molar-refractivity contribution in [2.45, 2.75) is 32.1 Å². The maximum atomic E-state index is 5.84. The van der Waals surface area contributed by atoms with Gasteiger partial charge in [-0.25, -0.2) is 0 Å². The number of aromatic nitrogens is 3. The number of nitrogens with two attached hydrogens (primary N) is 1. The van der Waals surface area contributed by atoms with Crippen LogP contribution in [0, 0.1) is 12.8 Å². The van der Waals surface area contributed by atoms with E-state index in [-0.39, 0.29) is 0 Å². The topological polar surface area (TPSA) is 56.2 Å². The van der Waals surface area contributed by atoms with Gasteiger partial charge < -0.3 is 5.73 Å². The van der Waals surface area contributed by atoms with Crippen LogP contribution in [-0.4, -0.2) is 21.1 Å². The zero-order valence-electron chi connectivity index (χ0n) is 10.1. The van der Waals surface area contributed by atoms with Gasteiger partial charge in [0.25, 0.3) is 0 Å². The molecule has 3 rings (SSSR count). The van der Waals surface area contributed by atoms with Crippen LogP contribution in [0.3, 0.4) is 0 Å². The molecule has 0 amide bonds. The van der Waals surface area contributed by atoms with Crippen molar-refractivity contribution in [1.29, 1.82) is 0 Å². The average molecular weight is 230 g/mol. The van der Waals surface area contributed by atoms with E-state index in [9.17, 15) is 0 Å². The van der Waals surface area contributed by atoms with Crippen molar-refractivity contribution >= 4 is 5.65 Å². The van der Waals surface area contributed by atoms with E-state index >= 15 is 0 Å². The van der Waals surface area contributed by atoms with Crippen molar-refractivity contribution in [3.63, 3.8) is 0 Å². The second-order valence-electron chi connectivity index (χ2n) is 5.02. The first-order valence-corrected chi connectivity index (χ1v) is 6.31. The molecule has 1 fully saturated rings. The van der Waals surface area contributed by atoms with Crippen LogP contribution in [-0.2, 0) is 0 Å². The molecule has 2 aromatic heterocycles. The van der Waals surface area contributed by atoms with Crippen LogP contribution in [0.4, 0.5) is 0 Å². The Bertz CT molecular complexity index is 531. The average Bonchev–Trinajstić information content (AvgIpc) is 2.92. The third-order valence-corrected chi connectivity index (χ3v) is 3.89. The number of hydrogen-bond donors (Lipinski definition) is 1. The fourth-order valence-electron chi connectivity index (χ4n) is 2.92. The fraction of sp³-hybridized carbons (Fsp3) is 0.538. The molecule has 1 aliphatic rings. The van der Waals surface area contributed by atoms with Crippen molar-refractivity contribution in [3.8, 4) is 0 Å². The van der Waals surface area contributed by atoms with Crippen molar-refractivity contribution in [3.05, 3.63) is 29.7 Å². The molecular weight excluding hydrogens is 212 g/mol. The van der Waals surface area contributed by atoms with Crippen molar-refractivity contribution < 1.29 is 0 Å². The Morgan fingerprint density at radius 3 is 3.12 bits per heavy atom. The summed E-state index contributed by atoms with van der Waals surface area (Å²) in [5.41, 5.74) is 8.01. The highest BCUT2D eigenvalue weighted by molar-refractivity contribution is 5.41. The van der Waals surface area contributed by atoms with Gasteiger partial charge in [0.1, 0.15) is 5.82 Å². The van der Waals surface area contributed by atoms with Gasteiger partial charge in [-0.15, -0.1) is 10.2 Å². The molecule has 1 saturated carbocycles. The van der Waals surface area contributed by atoms with E-state index in [0.717, 1.165) is 18.0 Å². The highest BCUT2D eigenvalue weighted by Gasteiger charge is 2.30. The third kappa shape index (κ3) is 1.72. The van der Waals surface area contributed by atoms with Gasteiger partial charge in [0.2, 0.25) is 0 Å². The maximum Gasteiger partial charge on any atom is 0.161 e. The summed E-state index contributed by atoms with van der Waals surface area (Å²) in [6.07, 6.45) is 5.75. The second-order valence-corrected chi connectivity index (χ2v) is 5.02. The fourth-order valence-corrected chi connectivity index (χ4v) is 2.92. The molecule has 0 aromatic carbocycles. The van der Waals surface area contributed by atoms with Gasteiger partial charge in [-0.2, -0.15) is 0 Å². The summed E-state index contributed by atoms with van der Waals surface area (Å²) in [4.78, 5) is 0. The van der Waals surface area contributed by atoms with Crippen LogP contribution < -0.4 is 5.73 Å². The molecule has 1 aliphatic carbocycles.